The monoisotopic (exact) mass is 394 g/mol. The predicted octanol–water partition coefficient (Wildman–Crippen LogP) is 3.31. The van der Waals surface area contributed by atoms with Gasteiger partial charge in [0.2, 0.25) is 5.95 Å². The molecule has 2 aromatic rings. The first-order chi connectivity index (χ1) is 13.3. The number of aryl methyl sites for hydroxylation is 1. The predicted molar refractivity (Wildman–Crippen MR) is 98.6 cm³/mol. The van der Waals surface area contributed by atoms with Gasteiger partial charge in [-0.05, 0) is 32.0 Å². The van der Waals surface area contributed by atoms with Crippen LogP contribution in [-0.4, -0.2) is 48.7 Å². The lowest BCUT2D eigenvalue weighted by Gasteiger charge is -2.36. The molecular formula is C19H21F3N4O2. The number of carbonyl (C=O) groups is 1. The van der Waals surface area contributed by atoms with E-state index in [0.717, 1.165) is 6.07 Å². The van der Waals surface area contributed by atoms with Crippen LogP contribution in [0.5, 0.6) is 0 Å². The largest absolute Gasteiger partial charge is 0.462 e. The van der Waals surface area contributed by atoms with Crippen LogP contribution in [0.15, 0.2) is 30.5 Å². The molecule has 1 fully saturated rings. The Hall–Kier alpha value is -2.84. The summed E-state index contributed by atoms with van der Waals surface area (Å²) in [6.07, 6.45) is -2.90. The zero-order valence-corrected chi connectivity index (χ0v) is 15.7. The fraction of sp³-hybridized carbons (Fsp3) is 0.421. The third-order valence-corrected chi connectivity index (χ3v) is 4.56. The smallest absolute Gasteiger partial charge is 0.416 e. The average Bonchev–Trinajstić information content (AvgIpc) is 2.67. The Bertz CT molecular complexity index is 849. The first-order valence-corrected chi connectivity index (χ1v) is 8.97. The van der Waals surface area contributed by atoms with Gasteiger partial charge in [0.1, 0.15) is 0 Å². The molecule has 0 amide bonds. The SMILES string of the molecule is CCOC(=O)c1cnc(N2CCN(c3cccc(C(F)(F)F)c3)CC2)nc1C. The molecule has 0 aliphatic carbocycles. The number of esters is 1. The van der Waals surface area contributed by atoms with Gasteiger partial charge in [-0.1, -0.05) is 6.07 Å². The second kappa shape index (κ2) is 8.04. The number of rotatable bonds is 4. The van der Waals surface area contributed by atoms with Crippen LogP contribution in [-0.2, 0) is 10.9 Å². The second-order valence-corrected chi connectivity index (χ2v) is 6.41. The molecule has 6 nitrogen and oxygen atoms in total. The van der Waals surface area contributed by atoms with E-state index >= 15 is 0 Å². The number of benzene rings is 1. The lowest BCUT2D eigenvalue weighted by atomic mass is 10.1. The molecule has 0 unspecified atom stereocenters. The highest BCUT2D eigenvalue weighted by molar-refractivity contribution is 5.90. The van der Waals surface area contributed by atoms with Crippen LogP contribution < -0.4 is 9.80 Å². The van der Waals surface area contributed by atoms with Gasteiger partial charge in [0.05, 0.1) is 23.4 Å². The van der Waals surface area contributed by atoms with Gasteiger partial charge in [0, 0.05) is 38.1 Å². The summed E-state index contributed by atoms with van der Waals surface area (Å²) in [7, 11) is 0. The molecule has 1 aliphatic heterocycles. The van der Waals surface area contributed by atoms with E-state index in [2.05, 4.69) is 9.97 Å². The van der Waals surface area contributed by atoms with E-state index in [4.69, 9.17) is 4.74 Å². The van der Waals surface area contributed by atoms with Crippen LogP contribution in [0.4, 0.5) is 24.8 Å². The van der Waals surface area contributed by atoms with E-state index < -0.39 is 17.7 Å². The van der Waals surface area contributed by atoms with Crippen LogP contribution in [0.1, 0.15) is 28.5 Å². The van der Waals surface area contributed by atoms with E-state index in [1.54, 1.807) is 19.9 Å². The summed E-state index contributed by atoms with van der Waals surface area (Å²) in [4.78, 5) is 24.4. The third kappa shape index (κ3) is 4.35. The minimum absolute atomic E-state index is 0.275. The highest BCUT2D eigenvalue weighted by atomic mass is 19.4. The molecule has 3 rings (SSSR count). The van der Waals surface area contributed by atoms with Crippen LogP contribution in [0.25, 0.3) is 0 Å². The maximum atomic E-state index is 12.9. The minimum Gasteiger partial charge on any atom is -0.462 e. The number of hydrogen-bond donors (Lipinski definition) is 0. The molecule has 2 heterocycles. The normalized spacial score (nSPS) is 14.9. The summed E-state index contributed by atoms with van der Waals surface area (Å²) in [6, 6.07) is 5.34. The fourth-order valence-corrected chi connectivity index (χ4v) is 3.06. The highest BCUT2D eigenvalue weighted by Crippen LogP contribution is 2.32. The summed E-state index contributed by atoms with van der Waals surface area (Å²) in [6.45, 7) is 5.94. The zero-order valence-electron chi connectivity index (χ0n) is 15.7. The van der Waals surface area contributed by atoms with Crippen molar-refractivity contribution in [3.8, 4) is 0 Å². The fourth-order valence-electron chi connectivity index (χ4n) is 3.06. The number of ether oxygens (including phenoxy) is 1. The van der Waals surface area contributed by atoms with Crippen molar-refractivity contribution in [3.05, 3.63) is 47.3 Å². The van der Waals surface area contributed by atoms with E-state index in [1.807, 2.05) is 9.80 Å². The van der Waals surface area contributed by atoms with Crippen molar-refractivity contribution >= 4 is 17.6 Å². The van der Waals surface area contributed by atoms with Crippen LogP contribution >= 0.6 is 0 Å². The Balaban J connectivity index is 1.67. The Morgan fingerprint density at radius 2 is 1.86 bits per heavy atom. The lowest BCUT2D eigenvalue weighted by molar-refractivity contribution is -0.137. The van der Waals surface area contributed by atoms with Crippen LogP contribution in [0.3, 0.4) is 0 Å². The first kappa shape index (κ1) is 19.9. The molecule has 0 radical (unpaired) electrons. The van der Waals surface area contributed by atoms with Gasteiger partial charge in [0.25, 0.3) is 0 Å². The average molecular weight is 394 g/mol. The van der Waals surface area contributed by atoms with Crippen molar-refractivity contribution < 1.29 is 22.7 Å². The maximum absolute atomic E-state index is 12.9. The molecule has 0 saturated carbocycles. The summed E-state index contributed by atoms with van der Waals surface area (Å²) in [5.41, 5.74) is 0.752. The molecule has 0 spiro atoms. The zero-order chi connectivity index (χ0) is 20.3. The number of hydrogen-bond acceptors (Lipinski definition) is 6. The quantitative estimate of drug-likeness (QED) is 0.742. The van der Waals surface area contributed by atoms with Gasteiger partial charge in [-0.25, -0.2) is 14.8 Å². The topological polar surface area (TPSA) is 58.6 Å². The number of anilines is 2. The molecule has 0 bridgehead atoms. The highest BCUT2D eigenvalue weighted by Gasteiger charge is 2.31. The molecular weight excluding hydrogens is 373 g/mol. The Labute approximate surface area is 160 Å². The first-order valence-electron chi connectivity index (χ1n) is 8.97. The van der Waals surface area contributed by atoms with Gasteiger partial charge < -0.3 is 14.5 Å². The number of carbonyl (C=O) groups excluding carboxylic acids is 1. The summed E-state index contributed by atoms with van der Waals surface area (Å²) >= 11 is 0. The molecule has 1 aromatic carbocycles. The lowest BCUT2D eigenvalue weighted by Crippen LogP contribution is -2.47. The van der Waals surface area contributed by atoms with Crippen molar-refractivity contribution in [1.29, 1.82) is 0 Å². The van der Waals surface area contributed by atoms with Crippen LogP contribution in [0.2, 0.25) is 0 Å². The van der Waals surface area contributed by atoms with Crippen molar-refractivity contribution in [2.45, 2.75) is 20.0 Å². The number of halogens is 3. The maximum Gasteiger partial charge on any atom is 0.416 e. The summed E-state index contributed by atoms with van der Waals surface area (Å²) in [5, 5.41) is 0. The molecule has 150 valence electrons. The molecule has 0 atom stereocenters. The van der Waals surface area contributed by atoms with Crippen molar-refractivity contribution in [2.24, 2.45) is 0 Å². The molecule has 0 N–H and O–H groups in total. The van der Waals surface area contributed by atoms with E-state index in [0.29, 0.717) is 49.1 Å². The van der Waals surface area contributed by atoms with E-state index in [-0.39, 0.29) is 6.61 Å². The van der Waals surface area contributed by atoms with Gasteiger partial charge >= 0.3 is 12.1 Å². The van der Waals surface area contributed by atoms with Gasteiger partial charge in [-0.2, -0.15) is 13.2 Å². The van der Waals surface area contributed by atoms with Crippen molar-refractivity contribution in [2.75, 3.05) is 42.6 Å². The number of alkyl halides is 3. The van der Waals surface area contributed by atoms with E-state index in [1.165, 1.54) is 18.3 Å². The second-order valence-electron chi connectivity index (χ2n) is 6.41. The Morgan fingerprint density at radius 1 is 1.18 bits per heavy atom. The summed E-state index contributed by atoms with van der Waals surface area (Å²) in [5.74, 6) is 0.0372. The Kier molecular flexibility index (Phi) is 5.71. The summed E-state index contributed by atoms with van der Waals surface area (Å²) < 4.78 is 43.7. The molecule has 28 heavy (non-hydrogen) atoms. The third-order valence-electron chi connectivity index (χ3n) is 4.56. The molecule has 9 heteroatoms. The molecule has 1 aromatic heterocycles. The molecule has 1 aliphatic rings. The van der Waals surface area contributed by atoms with Crippen molar-refractivity contribution in [3.63, 3.8) is 0 Å². The standard InChI is InChI=1S/C19H21F3N4O2/c1-3-28-17(27)16-12-23-18(24-13(16)2)26-9-7-25(8-10-26)15-6-4-5-14(11-15)19(20,21)22/h4-6,11-12H,3,7-10H2,1-2H3. The van der Waals surface area contributed by atoms with Gasteiger partial charge in [0.15, 0.2) is 0 Å². The van der Waals surface area contributed by atoms with Gasteiger partial charge in [-0.3, -0.25) is 0 Å². The number of aromatic nitrogens is 2. The van der Waals surface area contributed by atoms with E-state index in [9.17, 15) is 18.0 Å². The number of piperazine rings is 1. The minimum atomic E-state index is -4.36. The number of nitrogens with zero attached hydrogens (tertiary/aromatic N) is 4. The Morgan fingerprint density at radius 3 is 2.46 bits per heavy atom. The molecule has 1 saturated heterocycles. The van der Waals surface area contributed by atoms with Gasteiger partial charge in [-0.15, -0.1) is 0 Å². The van der Waals surface area contributed by atoms with Crippen LogP contribution in [0, 0.1) is 6.92 Å². The van der Waals surface area contributed by atoms with Crippen molar-refractivity contribution in [1.82, 2.24) is 9.97 Å².